The lowest BCUT2D eigenvalue weighted by Gasteiger charge is -1.65. The molecule has 7 heavy (non-hydrogen) atoms. The zero-order valence-electron chi connectivity index (χ0n) is 3.97. The summed E-state index contributed by atoms with van der Waals surface area (Å²) in [5.74, 6) is 0. The third-order valence-electron chi connectivity index (χ3n) is 0.384. The zero-order chi connectivity index (χ0) is 5.54. The minimum absolute atomic E-state index is 0.0575. The van der Waals surface area contributed by atoms with Crippen LogP contribution in [0.5, 0.6) is 0 Å². The highest BCUT2D eigenvalue weighted by atomic mass is 127. The molecule has 0 heterocycles. The molecule has 1 nitrogen and oxygen atoms in total. The van der Waals surface area contributed by atoms with Crippen molar-refractivity contribution in [3.8, 4) is 0 Å². The van der Waals surface area contributed by atoms with Gasteiger partial charge >= 0.3 is 0 Å². The van der Waals surface area contributed by atoms with Gasteiger partial charge in [-0.2, -0.15) is 0 Å². The summed E-state index contributed by atoms with van der Waals surface area (Å²) in [6, 6.07) is 0. The van der Waals surface area contributed by atoms with Crippen LogP contribution >= 0.6 is 20.7 Å². The first-order chi connectivity index (χ1) is 3.41. The summed E-state index contributed by atoms with van der Waals surface area (Å²) in [4.78, 5) is 0. The quantitative estimate of drug-likeness (QED) is 0.539. The van der Waals surface area contributed by atoms with Gasteiger partial charge in [0, 0.05) is 0 Å². The van der Waals surface area contributed by atoms with Crippen molar-refractivity contribution in [2.75, 3.05) is 0 Å². The third-order valence-corrected chi connectivity index (χ3v) is 1.31. The summed E-state index contributed by atoms with van der Waals surface area (Å²) >= 11 is 0.0575. The molecule has 0 fully saturated rings. The van der Waals surface area contributed by atoms with Crippen molar-refractivity contribution in [2.45, 2.75) is 0 Å². The SMILES string of the molecule is C=I/C=C\C=C/N. The van der Waals surface area contributed by atoms with E-state index in [1.807, 2.05) is 10.2 Å². The van der Waals surface area contributed by atoms with Crippen LogP contribution in [0.25, 0.3) is 0 Å². The number of nitrogens with two attached hydrogens (primary N) is 1. The molecule has 0 aromatic heterocycles. The van der Waals surface area contributed by atoms with Crippen LogP contribution < -0.4 is 5.73 Å². The van der Waals surface area contributed by atoms with Crippen LogP contribution in [-0.4, -0.2) is 4.51 Å². The molecule has 0 aromatic rings. The normalized spacial score (nSPS) is 11.4. The maximum atomic E-state index is 5.03. The molecule has 40 valence electrons. The predicted octanol–water partition coefficient (Wildman–Crippen LogP) is 1.38. The van der Waals surface area contributed by atoms with Crippen molar-refractivity contribution in [1.29, 1.82) is 0 Å². The number of hydrogen-bond acceptors (Lipinski definition) is 1. The first-order valence-corrected chi connectivity index (χ1v) is 4.59. The van der Waals surface area contributed by atoms with Crippen LogP contribution in [0.4, 0.5) is 0 Å². The molecule has 0 spiro atoms. The van der Waals surface area contributed by atoms with Crippen molar-refractivity contribution in [3.05, 3.63) is 22.4 Å². The topological polar surface area (TPSA) is 26.0 Å². The Morgan fingerprint density at radius 2 is 2.14 bits per heavy atom. The average Bonchev–Trinajstić information content (AvgIpc) is 1.69. The number of allylic oxidation sites excluding steroid dienone is 2. The fraction of sp³-hybridized carbons (Fsp3) is 0. The highest BCUT2D eigenvalue weighted by Gasteiger charge is 1.52. The van der Waals surface area contributed by atoms with Gasteiger partial charge in [0.2, 0.25) is 0 Å². The van der Waals surface area contributed by atoms with E-state index in [2.05, 4.69) is 4.51 Å². The second-order valence-electron chi connectivity index (χ2n) is 0.858. The molecule has 0 aliphatic carbocycles. The summed E-state index contributed by atoms with van der Waals surface area (Å²) in [5, 5.41) is 0. The van der Waals surface area contributed by atoms with Gasteiger partial charge < -0.3 is 5.73 Å². The number of halogens is 1. The van der Waals surface area contributed by atoms with Gasteiger partial charge in [0.25, 0.3) is 0 Å². The van der Waals surface area contributed by atoms with E-state index < -0.39 is 0 Å². The van der Waals surface area contributed by atoms with Crippen molar-refractivity contribution in [1.82, 2.24) is 0 Å². The molecule has 2 N–H and O–H groups in total. The van der Waals surface area contributed by atoms with Gasteiger partial charge in [0.05, 0.1) is 0 Å². The Hall–Kier alpha value is -0.120. The van der Waals surface area contributed by atoms with Crippen LogP contribution in [-0.2, 0) is 0 Å². The number of hydrogen-bond donors (Lipinski definition) is 1. The van der Waals surface area contributed by atoms with Crippen LogP contribution in [0.1, 0.15) is 0 Å². The van der Waals surface area contributed by atoms with Gasteiger partial charge in [-0.1, -0.05) is 10.6 Å². The molecular formula is C5H8IN. The molecule has 0 unspecified atom stereocenters. The van der Waals surface area contributed by atoms with Gasteiger partial charge in [0.1, 0.15) is 0 Å². The molecule has 0 rings (SSSR count). The van der Waals surface area contributed by atoms with Gasteiger partial charge in [-0.3, -0.25) is 0 Å². The van der Waals surface area contributed by atoms with Gasteiger partial charge in [-0.05, 0) is 16.4 Å². The molecule has 0 aliphatic rings. The summed E-state index contributed by atoms with van der Waals surface area (Å²) < 4.78 is 5.75. The molecule has 0 aromatic carbocycles. The summed E-state index contributed by atoms with van der Waals surface area (Å²) in [6.45, 7) is 0. The molecule has 0 radical (unpaired) electrons. The van der Waals surface area contributed by atoms with Gasteiger partial charge in [0.15, 0.2) is 0 Å². The molecule has 0 saturated heterocycles. The molecule has 0 saturated carbocycles. The van der Waals surface area contributed by atoms with E-state index in [0.717, 1.165) is 0 Å². The largest absolute Gasteiger partial charge is 0.405 e. The van der Waals surface area contributed by atoms with E-state index in [9.17, 15) is 0 Å². The van der Waals surface area contributed by atoms with Crippen molar-refractivity contribution in [2.24, 2.45) is 5.73 Å². The predicted molar refractivity (Wildman–Crippen MR) is 43.6 cm³/mol. The minimum Gasteiger partial charge on any atom is -0.405 e. The monoisotopic (exact) mass is 209 g/mol. The van der Waals surface area contributed by atoms with Gasteiger partial charge in [-0.25, -0.2) is 0 Å². The maximum Gasteiger partial charge on any atom is -0.00622 e. The first kappa shape index (κ1) is 6.88. The Kier molecular flexibility index (Phi) is 5.78. The molecule has 0 atom stereocenters. The van der Waals surface area contributed by atoms with E-state index in [1.165, 1.54) is 6.20 Å². The average molecular weight is 209 g/mol. The van der Waals surface area contributed by atoms with Gasteiger partial charge in [-0.15, -0.1) is 20.7 Å². The Balaban J connectivity index is 3.27. The van der Waals surface area contributed by atoms with Crippen LogP contribution in [0, 0.1) is 0 Å². The van der Waals surface area contributed by atoms with Crippen LogP contribution in [0.15, 0.2) is 22.4 Å². The molecule has 2 heteroatoms. The minimum atomic E-state index is 0.0575. The highest BCUT2D eigenvalue weighted by Crippen LogP contribution is 1.91. The third kappa shape index (κ3) is 5.88. The summed E-state index contributed by atoms with van der Waals surface area (Å²) in [7, 11) is 0. The second kappa shape index (κ2) is 5.88. The van der Waals surface area contributed by atoms with E-state index in [4.69, 9.17) is 5.73 Å². The van der Waals surface area contributed by atoms with E-state index in [0.29, 0.717) is 0 Å². The Morgan fingerprint density at radius 3 is 2.57 bits per heavy atom. The van der Waals surface area contributed by atoms with Crippen LogP contribution in [0.2, 0.25) is 0 Å². The van der Waals surface area contributed by atoms with Crippen molar-refractivity contribution < 1.29 is 0 Å². The smallest absolute Gasteiger partial charge is 0.00622 e. The lowest BCUT2D eigenvalue weighted by molar-refractivity contribution is 1.61. The highest BCUT2D eigenvalue weighted by molar-refractivity contribution is 14.2. The summed E-state index contributed by atoms with van der Waals surface area (Å²) in [5.41, 5.74) is 5.03. The lowest BCUT2D eigenvalue weighted by Crippen LogP contribution is -1.71. The Labute approximate surface area is 53.7 Å². The van der Waals surface area contributed by atoms with Crippen molar-refractivity contribution in [3.63, 3.8) is 0 Å². The Bertz CT molecular complexity index is 94.3. The molecular weight excluding hydrogens is 201 g/mol. The van der Waals surface area contributed by atoms with E-state index in [-0.39, 0.29) is 20.7 Å². The lowest BCUT2D eigenvalue weighted by atomic mass is 10.6. The standard InChI is InChI=1S/C5H8IN/c1-6-4-2-3-5-7/h2-5H,1,7H2/b4-2-,5-3-. The zero-order valence-corrected chi connectivity index (χ0v) is 6.13. The summed E-state index contributed by atoms with van der Waals surface area (Å²) in [6.07, 6.45) is 5.22. The second-order valence-corrected chi connectivity index (χ2v) is 2.46. The fourth-order valence-corrected chi connectivity index (χ4v) is 0.691. The molecule has 0 amide bonds. The molecule has 0 aliphatic heterocycles. The number of rotatable bonds is 2. The van der Waals surface area contributed by atoms with Crippen molar-refractivity contribution >= 4 is 25.2 Å². The van der Waals surface area contributed by atoms with E-state index >= 15 is 0 Å². The fourth-order valence-electron chi connectivity index (χ4n) is 0.158. The van der Waals surface area contributed by atoms with Crippen LogP contribution in [0.3, 0.4) is 0 Å². The first-order valence-electron chi connectivity index (χ1n) is 1.82. The Morgan fingerprint density at radius 1 is 1.43 bits per heavy atom. The molecule has 0 bridgehead atoms. The van der Waals surface area contributed by atoms with E-state index in [1.54, 1.807) is 6.08 Å². The maximum absolute atomic E-state index is 5.03.